The van der Waals surface area contributed by atoms with Crippen LogP contribution in [0.25, 0.3) is 21.8 Å². The predicted molar refractivity (Wildman–Crippen MR) is 143 cm³/mol. The van der Waals surface area contributed by atoms with Gasteiger partial charge in [-0.1, -0.05) is 11.6 Å². The maximum absolute atomic E-state index is 15.2. The third kappa shape index (κ3) is 4.63. The molecule has 5 heterocycles. The number of halogens is 2. The number of ether oxygens (including phenoxy) is 1. The van der Waals surface area contributed by atoms with Gasteiger partial charge in [0, 0.05) is 49.2 Å². The molecule has 37 heavy (non-hydrogen) atoms. The fourth-order valence-corrected chi connectivity index (χ4v) is 6.28. The lowest BCUT2D eigenvalue weighted by atomic mass is 10.1. The van der Waals surface area contributed by atoms with E-state index in [1.165, 1.54) is 11.8 Å². The lowest BCUT2D eigenvalue weighted by Crippen LogP contribution is -2.35. The van der Waals surface area contributed by atoms with Crippen LogP contribution in [0.15, 0.2) is 17.3 Å². The van der Waals surface area contributed by atoms with E-state index < -0.39 is 11.4 Å². The Morgan fingerprint density at radius 3 is 2.65 bits per heavy atom. The molecule has 2 unspecified atom stereocenters. The van der Waals surface area contributed by atoms with Crippen LogP contribution in [0.4, 0.5) is 9.18 Å². The second-order valence-electron chi connectivity index (χ2n) is 10.7. The van der Waals surface area contributed by atoms with Crippen molar-refractivity contribution in [1.29, 1.82) is 0 Å². The van der Waals surface area contributed by atoms with Gasteiger partial charge in [-0.3, -0.25) is 4.79 Å². The number of carbonyl (C=O) groups is 2. The fraction of sp³-hybridized carbons (Fsp3) is 0.538. The summed E-state index contributed by atoms with van der Waals surface area (Å²) in [5, 5.41) is 1.90. The second kappa shape index (κ2) is 9.62. The first-order chi connectivity index (χ1) is 17.5. The molecule has 2 fully saturated rings. The molecule has 0 N–H and O–H groups in total. The number of amides is 2. The van der Waals surface area contributed by atoms with E-state index in [9.17, 15) is 9.59 Å². The van der Waals surface area contributed by atoms with Gasteiger partial charge in [0.15, 0.2) is 11.0 Å². The van der Waals surface area contributed by atoms with Crippen molar-refractivity contribution >= 4 is 57.2 Å². The van der Waals surface area contributed by atoms with Gasteiger partial charge in [-0.25, -0.2) is 19.2 Å². The Bertz CT molecular complexity index is 1400. The van der Waals surface area contributed by atoms with Crippen LogP contribution in [-0.4, -0.2) is 67.8 Å². The number of hydrogen-bond acceptors (Lipinski definition) is 6. The number of rotatable bonds is 3. The third-order valence-corrected chi connectivity index (χ3v) is 8.05. The number of thioether (sulfide) groups is 1. The van der Waals surface area contributed by atoms with E-state index in [4.69, 9.17) is 16.3 Å². The minimum atomic E-state index is -0.654. The molecule has 2 amide bonds. The van der Waals surface area contributed by atoms with Crippen LogP contribution in [0.3, 0.4) is 0 Å². The largest absolute Gasteiger partial charge is 0.444 e. The molecule has 2 aliphatic rings. The number of likely N-dealkylation sites (tertiary alicyclic amines) is 2. The van der Waals surface area contributed by atoms with Crippen LogP contribution >= 0.6 is 23.4 Å². The van der Waals surface area contributed by atoms with Crippen LogP contribution in [-0.2, 0) is 9.53 Å². The van der Waals surface area contributed by atoms with Crippen LogP contribution in [0.1, 0.15) is 64.7 Å². The normalized spacial score (nSPS) is 20.4. The minimum Gasteiger partial charge on any atom is -0.444 e. The monoisotopic (exact) mass is 547 g/mol. The van der Waals surface area contributed by atoms with E-state index in [2.05, 4.69) is 20.6 Å². The highest BCUT2D eigenvalue weighted by atomic mass is 35.5. The van der Waals surface area contributed by atoms with Crippen LogP contribution < -0.4 is 0 Å². The smallest absolute Gasteiger partial charge is 0.410 e. The van der Waals surface area contributed by atoms with Crippen molar-refractivity contribution in [1.82, 2.24) is 24.3 Å². The molecular formula is C26H31ClFN5O3S. The number of hydrogen-bond donors (Lipinski definition) is 0. The molecule has 0 radical (unpaired) electrons. The van der Waals surface area contributed by atoms with Gasteiger partial charge in [0.2, 0.25) is 5.91 Å². The van der Waals surface area contributed by atoms with Crippen molar-refractivity contribution in [3.8, 4) is 0 Å². The van der Waals surface area contributed by atoms with Gasteiger partial charge in [-0.15, -0.1) is 11.8 Å². The zero-order valence-electron chi connectivity index (χ0n) is 21.7. The average Bonchev–Trinajstić information content (AvgIpc) is 3.57. The molecule has 2 saturated heterocycles. The van der Waals surface area contributed by atoms with Crippen molar-refractivity contribution in [2.45, 2.75) is 69.7 Å². The molecule has 5 rings (SSSR count). The Kier molecular flexibility index (Phi) is 6.77. The lowest BCUT2D eigenvalue weighted by Gasteiger charge is -2.28. The first kappa shape index (κ1) is 26.0. The molecule has 0 aliphatic carbocycles. The summed E-state index contributed by atoms with van der Waals surface area (Å²) in [7, 11) is 0. The van der Waals surface area contributed by atoms with Gasteiger partial charge in [0.05, 0.1) is 17.6 Å². The van der Waals surface area contributed by atoms with E-state index in [-0.39, 0.29) is 34.8 Å². The summed E-state index contributed by atoms with van der Waals surface area (Å²) in [5.41, 5.74) is 1.35. The molecule has 3 aromatic heterocycles. The van der Waals surface area contributed by atoms with Crippen molar-refractivity contribution in [2.24, 2.45) is 0 Å². The molecule has 2 atom stereocenters. The van der Waals surface area contributed by atoms with Crippen molar-refractivity contribution < 1.29 is 18.7 Å². The van der Waals surface area contributed by atoms with Crippen molar-refractivity contribution in [3.63, 3.8) is 0 Å². The summed E-state index contributed by atoms with van der Waals surface area (Å²) in [5.74, 6) is -0.632. The van der Waals surface area contributed by atoms with Gasteiger partial charge in [-0.2, -0.15) is 0 Å². The van der Waals surface area contributed by atoms with Crippen LogP contribution in [0.5, 0.6) is 0 Å². The first-order valence-electron chi connectivity index (χ1n) is 12.5. The maximum Gasteiger partial charge on any atom is 0.410 e. The highest BCUT2D eigenvalue weighted by Gasteiger charge is 2.37. The Morgan fingerprint density at radius 1 is 1.22 bits per heavy atom. The number of aromatic nitrogens is 3. The zero-order valence-corrected chi connectivity index (χ0v) is 23.2. The Labute approximate surface area is 224 Å². The van der Waals surface area contributed by atoms with Gasteiger partial charge in [-0.05, 0) is 52.4 Å². The van der Waals surface area contributed by atoms with Crippen molar-refractivity contribution in [2.75, 3.05) is 25.9 Å². The molecule has 0 bridgehead atoms. The maximum atomic E-state index is 15.2. The standard InChI is InChI=1S/C26H31ClFN5O3S/c1-14(34)32-9-6-7-18(32)19-11-16-22(17-12-29-23(27)20(28)21(17)30-24(16)37-5)33(19)15-8-10-31(13-15)25(35)36-26(2,3)4/h11-12,15,18H,6-10,13H2,1-5H3. The summed E-state index contributed by atoms with van der Waals surface area (Å²) >= 11 is 7.46. The SMILES string of the molecule is CSc1nc2c(F)c(Cl)ncc2c2c1cc(C1CCCN1C(C)=O)n2C1CCN(C(=O)OC(C)(C)C)C1. The highest BCUT2D eigenvalue weighted by molar-refractivity contribution is 7.98. The average molecular weight is 548 g/mol. The summed E-state index contributed by atoms with van der Waals surface area (Å²) in [4.78, 5) is 37.7. The Balaban J connectivity index is 1.72. The minimum absolute atomic E-state index is 0.0219. The van der Waals surface area contributed by atoms with E-state index in [1.807, 2.05) is 31.9 Å². The molecule has 0 spiro atoms. The number of nitrogens with zero attached hydrogens (tertiary/aromatic N) is 5. The van der Waals surface area contributed by atoms with Gasteiger partial charge < -0.3 is 19.1 Å². The summed E-state index contributed by atoms with van der Waals surface area (Å²) < 4.78 is 23.0. The molecule has 0 saturated carbocycles. The Morgan fingerprint density at radius 2 is 1.97 bits per heavy atom. The van der Waals surface area contributed by atoms with Gasteiger partial charge in [0.1, 0.15) is 16.1 Å². The van der Waals surface area contributed by atoms with Crippen LogP contribution in [0, 0.1) is 5.82 Å². The molecule has 0 aromatic carbocycles. The first-order valence-corrected chi connectivity index (χ1v) is 14.1. The summed E-state index contributed by atoms with van der Waals surface area (Å²) in [6.45, 7) is 8.82. The third-order valence-electron chi connectivity index (χ3n) is 7.09. The highest BCUT2D eigenvalue weighted by Crippen LogP contribution is 2.43. The second-order valence-corrected chi connectivity index (χ2v) is 11.8. The van der Waals surface area contributed by atoms with E-state index in [0.29, 0.717) is 36.5 Å². The zero-order chi connectivity index (χ0) is 26.6. The van der Waals surface area contributed by atoms with Crippen molar-refractivity contribution in [3.05, 3.63) is 28.9 Å². The molecule has 8 nitrogen and oxygen atoms in total. The molecule has 11 heteroatoms. The molecular weight excluding hydrogens is 517 g/mol. The van der Waals surface area contributed by atoms with E-state index in [1.54, 1.807) is 18.0 Å². The number of pyridine rings is 2. The van der Waals surface area contributed by atoms with E-state index >= 15 is 4.39 Å². The van der Waals surface area contributed by atoms with Gasteiger partial charge in [0.25, 0.3) is 0 Å². The fourth-order valence-electron chi connectivity index (χ4n) is 5.58. The van der Waals surface area contributed by atoms with Gasteiger partial charge >= 0.3 is 6.09 Å². The lowest BCUT2D eigenvalue weighted by molar-refractivity contribution is -0.129. The number of carbonyl (C=O) groups excluding carboxylic acids is 2. The summed E-state index contributed by atoms with van der Waals surface area (Å²) in [6, 6.07) is 1.88. The topological polar surface area (TPSA) is 80.6 Å². The quantitative estimate of drug-likeness (QED) is 0.297. The Hall–Kier alpha value is -2.59. The number of fused-ring (bicyclic) bond motifs is 3. The summed E-state index contributed by atoms with van der Waals surface area (Å²) in [6.07, 6.45) is 5.55. The van der Waals surface area contributed by atoms with Crippen LogP contribution in [0.2, 0.25) is 5.15 Å². The molecule has 3 aromatic rings. The predicted octanol–water partition coefficient (Wildman–Crippen LogP) is 5.96. The molecule has 2 aliphatic heterocycles. The molecule has 198 valence electrons. The van der Waals surface area contributed by atoms with E-state index in [0.717, 1.165) is 29.4 Å².